The Labute approximate surface area is 156 Å². The second kappa shape index (κ2) is 9.81. The van der Waals surface area contributed by atoms with Crippen molar-refractivity contribution in [2.45, 2.75) is 6.92 Å². The molecule has 0 aliphatic heterocycles. The van der Waals surface area contributed by atoms with Crippen molar-refractivity contribution in [2.75, 3.05) is 31.0 Å². The minimum Gasteiger partial charge on any atom is -0.489 e. The molecule has 0 spiro atoms. The molecule has 8 heteroatoms. The van der Waals surface area contributed by atoms with E-state index in [-0.39, 0.29) is 24.5 Å². The van der Waals surface area contributed by atoms with Gasteiger partial charge in [-0.25, -0.2) is 9.59 Å². The lowest BCUT2D eigenvalue weighted by molar-refractivity contribution is -0.141. The van der Waals surface area contributed by atoms with Crippen molar-refractivity contribution in [3.05, 3.63) is 54.1 Å². The molecule has 2 aromatic carbocycles. The van der Waals surface area contributed by atoms with Crippen LogP contribution in [-0.4, -0.2) is 38.3 Å². The van der Waals surface area contributed by atoms with Gasteiger partial charge >= 0.3 is 18.0 Å². The highest BCUT2D eigenvalue weighted by Gasteiger charge is 2.15. The van der Waals surface area contributed by atoms with Gasteiger partial charge in [0, 0.05) is 18.3 Å². The Balaban J connectivity index is 2.05. The molecule has 0 atom stereocenters. The summed E-state index contributed by atoms with van der Waals surface area (Å²) in [5, 5.41) is 5.31. The Hall–Kier alpha value is -3.55. The normalized spacial score (nSPS) is 9.85. The maximum Gasteiger partial charge on any atom is 0.341 e. The second-order valence-corrected chi connectivity index (χ2v) is 5.34. The highest BCUT2D eigenvalue weighted by atomic mass is 16.6. The van der Waals surface area contributed by atoms with Crippen molar-refractivity contribution in [3.63, 3.8) is 0 Å². The number of hydrogen-bond donors (Lipinski definition) is 2. The molecular weight excluding hydrogens is 352 g/mol. The summed E-state index contributed by atoms with van der Waals surface area (Å²) in [5.74, 6) is -0.789. The fourth-order valence-electron chi connectivity index (χ4n) is 2.16. The van der Waals surface area contributed by atoms with Gasteiger partial charge in [0.15, 0.2) is 0 Å². The first-order valence-electron chi connectivity index (χ1n) is 8.11. The van der Waals surface area contributed by atoms with Gasteiger partial charge in [0.2, 0.25) is 0 Å². The van der Waals surface area contributed by atoms with Gasteiger partial charge < -0.3 is 24.8 Å². The van der Waals surface area contributed by atoms with Gasteiger partial charge in [-0.15, -0.1) is 0 Å². The van der Waals surface area contributed by atoms with Crippen LogP contribution in [0.2, 0.25) is 0 Å². The van der Waals surface area contributed by atoms with Crippen molar-refractivity contribution in [3.8, 4) is 5.75 Å². The molecule has 0 fully saturated rings. The van der Waals surface area contributed by atoms with Crippen LogP contribution < -0.4 is 15.4 Å². The fraction of sp³-hybridized carbons (Fsp3) is 0.211. The summed E-state index contributed by atoms with van der Waals surface area (Å²) < 4.78 is 15.0. The largest absolute Gasteiger partial charge is 0.489 e. The Bertz CT molecular complexity index is 807. The number of nitrogens with one attached hydrogen (secondary N) is 2. The Morgan fingerprint density at radius 1 is 0.926 bits per heavy atom. The number of carbonyl (C=O) groups excluding carboxylic acids is 3. The molecule has 2 rings (SSSR count). The SMILES string of the molecule is COC(=O)c1cc(NC(=O)Nc2ccccc2)ccc1OCCOC(C)=O. The van der Waals surface area contributed by atoms with E-state index < -0.39 is 18.0 Å². The molecule has 0 radical (unpaired) electrons. The molecule has 0 saturated carbocycles. The number of carbonyl (C=O) groups is 3. The van der Waals surface area contributed by atoms with Gasteiger partial charge in [0.05, 0.1) is 7.11 Å². The monoisotopic (exact) mass is 372 g/mol. The summed E-state index contributed by atoms with van der Waals surface area (Å²) in [7, 11) is 1.24. The van der Waals surface area contributed by atoms with Crippen molar-refractivity contribution in [1.82, 2.24) is 0 Å². The first-order valence-corrected chi connectivity index (χ1v) is 8.11. The van der Waals surface area contributed by atoms with Gasteiger partial charge in [-0.2, -0.15) is 0 Å². The van der Waals surface area contributed by atoms with Crippen LogP contribution >= 0.6 is 0 Å². The smallest absolute Gasteiger partial charge is 0.341 e. The molecule has 0 aliphatic rings. The standard InChI is InChI=1S/C19H20N2O6/c1-13(22)26-10-11-27-17-9-8-15(12-16(17)18(23)25-2)21-19(24)20-14-6-4-3-5-7-14/h3-9,12H,10-11H2,1-2H3,(H2,20,21,24). The number of rotatable bonds is 7. The summed E-state index contributed by atoms with van der Waals surface area (Å²) in [4.78, 5) is 34.8. The zero-order valence-corrected chi connectivity index (χ0v) is 15.0. The molecule has 0 saturated heterocycles. The third kappa shape index (κ3) is 6.35. The Morgan fingerprint density at radius 2 is 1.63 bits per heavy atom. The number of ether oxygens (including phenoxy) is 3. The van der Waals surface area contributed by atoms with Crippen molar-refractivity contribution < 1.29 is 28.6 Å². The number of hydrogen-bond acceptors (Lipinski definition) is 6. The van der Waals surface area contributed by atoms with Crippen LogP contribution in [-0.2, 0) is 14.3 Å². The highest BCUT2D eigenvalue weighted by Crippen LogP contribution is 2.24. The van der Waals surface area contributed by atoms with Crippen LogP contribution in [0.4, 0.5) is 16.2 Å². The van der Waals surface area contributed by atoms with Crippen molar-refractivity contribution in [1.29, 1.82) is 0 Å². The van der Waals surface area contributed by atoms with Crippen LogP contribution in [0.15, 0.2) is 48.5 Å². The third-order valence-corrected chi connectivity index (χ3v) is 3.32. The molecule has 27 heavy (non-hydrogen) atoms. The lowest BCUT2D eigenvalue weighted by Gasteiger charge is -2.13. The fourth-order valence-corrected chi connectivity index (χ4v) is 2.16. The molecule has 0 bridgehead atoms. The average Bonchev–Trinajstić information content (AvgIpc) is 2.66. The molecule has 0 heterocycles. The van der Waals surface area contributed by atoms with E-state index in [4.69, 9.17) is 14.2 Å². The summed E-state index contributed by atoms with van der Waals surface area (Å²) in [6.07, 6.45) is 0. The first kappa shape index (κ1) is 19.8. The molecule has 0 unspecified atom stereocenters. The first-order chi connectivity index (χ1) is 13.0. The van der Waals surface area contributed by atoms with Gasteiger partial charge in [-0.05, 0) is 30.3 Å². The summed E-state index contributed by atoms with van der Waals surface area (Å²) in [6.45, 7) is 1.42. The minimum absolute atomic E-state index is 0.0510. The lowest BCUT2D eigenvalue weighted by Crippen LogP contribution is -2.20. The predicted octanol–water partition coefficient (Wildman–Crippen LogP) is 3.06. The molecule has 0 aromatic heterocycles. The van der Waals surface area contributed by atoms with E-state index in [0.29, 0.717) is 11.4 Å². The number of urea groups is 1. The number of esters is 2. The van der Waals surface area contributed by atoms with E-state index >= 15 is 0 Å². The maximum atomic E-state index is 12.1. The number of benzene rings is 2. The van der Waals surface area contributed by atoms with E-state index in [2.05, 4.69) is 10.6 Å². The zero-order valence-electron chi connectivity index (χ0n) is 15.0. The van der Waals surface area contributed by atoms with Crippen LogP contribution in [0.5, 0.6) is 5.75 Å². The molecular formula is C19H20N2O6. The molecule has 2 amide bonds. The minimum atomic E-state index is -0.621. The van der Waals surface area contributed by atoms with Gasteiger partial charge in [0.25, 0.3) is 0 Å². The average molecular weight is 372 g/mol. The third-order valence-electron chi connectivity index (χ3n) is 3.32. The van der Waals surface area contributed by atoms with Crippen LogP contribution in [0.1, 0.15) is 17.3 Å². The summed E-state index contributed by atoms with van der Waals surface area (Å²) in [5.41, 5.74) is 1.16. The van der Waals surface area contributed by atoms with E-state index in [1.54, 1.807) is 30.3 Å². The van der Waals surface area contributed by atoms with Crippen molar-refractivity contribution >= 4 is 29.3 Å². The molecule has 8 nitrogen and oxygen atoms in total. The topological polar surface area (TPSA) is 103 Å². The zero-order chi connectivity index (χ0) is 19.6. The van der Waals surface area contributed by atoms with E-state index in [0.717, 1.165) is 0 Å². The summed E-state index contributed by atoms with van der Waals surface area (Å²) >= 11 is 0. The predicted molar refractivity (Wildman–Crippen MR) is 99.0 cm³/mol. The number of anilines is 2. The van der Waals surface area contributed by atoms with Gasteiger partial charge in [0.1, 0.15) is 24.5 Å². The van der Waals surface area contributed by atoms with E-state index in [1.807, 2.05) is 6.07 Å². The number of para-hydroxylation sites is 1. The molecule has 2 N–H and O–H groups in total. The van der Waals surface area contributed by atoms with E-state index in [1.165, 1.54) is 26.2 Å². The van der Waals surface area contributed by atoms with Crippen LogP contribution in [0.3, 0.4) is 0 Å². The van der Waals surface area contributed by atoms with Crippen molar-refractivity contribution in [2.24, 2.45) is 0 Å². The molecule has 2 aromatic rings. The quantitative estimate of drug-likeness (QED) is 0.572. The lowest BCUT2D eigenvalue weighted by atomic mass is 10.1. The Kier molecular flexibility index (Phi) is 7.18. The highest BCUT2D eigenvalue weighted by molar-refractivity contribution is 6.01. The second-order valence-electron chi connectivity index (χ2n) is 5.34. The Morgan fingerprint density at radius 3 is 2.30 bits per heavy atom. The summed E-state index contributed by atoms with van der Waals surface area (Å²) in [6, 6.07) is 13.0. The van der Waals surface area contributed by atoms with Gasteiger partial charge in [-0.1, -0.05) is 18.2 Å². The van der Waals surface area contributed by atoms with Crippen LogP contribution in [0.25, 0.3) is 0 Å². The van der Waals surface area contributed by atoms with Crippen LogP contribution in [0, 0.1) is 0 Å². The van der Waals surface area contributed by atoms with Gasteiger partial charge in [-0.3, -0.25) is 4.79 Å². The van der Waals surface area contributed by atoms with E-state index in [9.17, 15) is 14.4 Å². The molecule has 0 aliphatic carbocycles. The number of amides is 2. The maximum absolute atomic E-state index is 12.1. The number of methoxy groups -OCH3 is 1. The molecule has 142 valence electrons.